The Hall–Kier alpha value is -5.86. The van der Waals surface area contributed by atoms with Gasteiger partial charge < -0.3 is 9.73 Å². The minimum absolute atomic E-state index is 0.859. The zero-order valence-electron chi connectivity index (χ0n) is 23.9. The van der Waals surface area contributed by atoms with Gasteiger partial charge in [0.05, 0.1) is 5.69 Å². The summed E-state index contributed by atoms with van der Waals surface area (Å²) in [6, 6.07) is 56.0. The topological polar surface area (TPSA) is 25.2 Å². The molecule has 1 N–H and O–H groups in total. The van der Waals surface area contributed by atoms with Gasteiger partial charge in [0.15, 0.2) is 5.58 Å². The second kappa shape index (κ2) is 9.86. The predicted molar refractivity (Wildman–Crippen MR) is 187 cm³/mol. The smallest absolute Gasteiger partial charge is 0.158 e. The first-order valence-electron chi connectivity index (χ1n) is 15.0. The lowest BCUT2D eigenvalue weighted by atomic mass is 9.93. The van der Waals surface area contributed by atoms with Crippen molar-refractivity contribution in [2.75, 3.05) is 5.32 Å². The van der Waals surface area contributed by atoms with E-state index in [0.29, 0.717) is 0 Å². The van der Waals surface area contributed by atoms with Gasteiger partial charge in [-0.15, -0.1) is 0 Å². The lowest BCUT2D eigenvalue weighted by molar-refractivity contribution is 0.671. The summed E-state index contributed by atoms with van der Waals surface area (Å²) in [6.07, 6.45) is 0. The van der Waals surface area contributed by atoms with Crippen molar-refractivity contribution in [1.82, 2.24) is 0 Å². The van der Waals surface area contributed by atoms with Crippen molar-refractivity contribution in [3.63, 3.8) is 0 Å². The third kappa shape index (κ3) is 3.82. The van der Waals surface area contributed by atoms with Gasteiger partial charge in [0, 0.05) is 27.4 Å². The van der Waals surface area contributed by atoms with Crippen LogP contribution in [0.1, 0.15) is 0 Å². The molecule has 9 aromatic rings. The normalized spacial score (nSPS) is 11.6. The van der Waals surface area contributed by atoms with E-state index in [0.717, 1.165) is 44.4 Å². The van der Waals surface area contributed by atoms with Crippen LogP contribution in [0.4, 0.5) is 11.4 Å². The number of fused-ring (bicyclic) bond motifs is 7. The van der Waals surface area contributed by atoms with Crippen molar-refractivity contribution in [1.29, 1.82) is 0 Å². The number of rotatable bonds is 4. The third-order valence-corrected chi connectivity index (χ3v) is 8.85. The van der Waals surface area contributed by atoms with Gasteiger partial charge in [-0.25, -0.2) is 0 Å². The van der Waals surface area contributed by atoms with Crippen LogP contribution in [0.3, 0.4) is 0 Å². The predicted octanol–water partition coefficient (Wildman–Crippen LogP) is 12.1. The van der Waals surface area contributed by atoms with Gasteiger partial charge in [0.1, 0.15) is 5.58 Å². The molecule has 0 saturated heterocycles. The Morgan fingerprint density at radius 2 is 0.955 bits per heavy atom. The molecular weight excluding hydrogens is 534 g/mol. The van der Waals surface area contributed by atoms with E-state index in [1.807, 2.05) is 0 Å². The average Bonchev–Trinajstić information content (AvgIpc) is 3.49. The third-order valence-electron chi connectivity index (χ3n) is 8.85. The number of hydrogen-bond acceptors (Lipinski definition) is 2. The molecule has 0 aliphatic rings. The van der Waals surface area contributed by atoms with E-state index in [1.165, 1.54) is 43.4 Å². The lowest BCUT2D eigenvalue weighted by Crippen LogP contribution is -1.93. The monoisotopic (exact) mass is 561 g/mol. The van der Waals surface area contributed by atoms with Crippen molar-refractivity contribution in [2.45, 2.75) is 0 Å². The van der Waals surface area contributed by atoms with Gasteiger partial charge in [-0.1, -0.05) is 140 Å². The van der Waals surface area contributed by atoms with Crippen LogP contribution in [0.2, 0.25) is 0 Å². The van der Waals surface area contributed by atoms with Crippen LogP contribution in [0.15, 0.2) is 162 Å². The first-order chi connectivity index (χ1) is 21.8. The Bertz CT molecular complexity index is 2520. The van der Waals surface area contributed by atoms with Gasteiger partial charge in [-0.05, 0) is 61.8 Å². The molecule has 2 heteroatoms. The Kier molecular flexibility index (Phi) is 5.54. The van der Waals surface area contributed by atoms with Gasteiger partial charge >= 0.3 is 0 Å². The lowest BCUT2D eigenvalue weighted by Gasteiger charge is -2.14. The zero-order chi connectivity index (χ0) is 29.0. The Morgan fingerprint density at radius 1 is 0.364 bits per heavy atom. The maximum absolute atomic E-state index is 6.84. The highest BCUT2D eigenvalue weighted by molar-refractivity contribution is 6.24. The molecule has 0 atom stereocenters. The Balaban J connectivity index is 1.25. The molecule has 1 aromatic heterocycles. The van der Waals surface area contributed by atoms with Crippen LogP contribution < -0.4 is 5.32 Å². The minimum atomic E-state index is 0.859. The molecule has 8 aromatic carbocycles. The molecule has 2 nitrogen and oxygen atoms in total. The van der Waals surface area contributed by atoms with E-state index >= 15 is 0 Å². The fraction of sp³-hybridized carbons (Fsp3) is 0. The van der Waals surface area contributed by atoms with Gasteiger partial charge in [0.2, 0.25) is 0 Å². The maximum atomic E-state index is 6.84. The van der Waals surface area contributed by atoms with E-state index in [-0.39, 0.29) is 0 Å². The summed E-state index contributed by atoms with van der Waals surface area (Å²) in [5.74, 6) is 0. The van der Waals surface area contributed by atoms with E-state index in [1.54, 1.807) is 0 Å². The van der Waals surface area contributed by atoms with E-state index in [4.69, 9.17) is 4.42 Å². The summed E-state index contributed by atoms with van der Waals surface area (Å²) >= 11 is 0. The molecule has 0 aliphatic heterocycles. The van der Waals surface area contributed by atoms with Gasteiger partial charge in [-0.3, -0.25) is 0 Å². The quantitative estimate of drug-likeness (QED) is 0.231. The van der Waals surface area contributed by atoms with Crippen molar-refractivity contribution >= 4 is 65.6 Å². The molecular formula is C42H27NO. The largest absolute Gasteiger partial charge is 0.453 e. The highest BCUT2D eigenvalue weighted by Crippen LogP contribution is 2.44. The number of para-hydroxylation sites is 1. The van der Waals surface area contributed by atoms with Crippen molar-refractivity contribution in [2.24, 2.45) is 0 Å². The molecule has 1 heterocycles. The van der Waals surface area contributed by atoms with Crippen LogP contribution in [0, 0.1) is 0 Å². The number of nitrogens with one attached hydrogen (secondary N) is 1. The van der Waals surface area contributed by atoms with Crippen LogP contribution in [0.25, 0.3) is 76.5 Å². The average molecular weight is 562 g/mol. The Morgan fingerprint density at radius 3 is 1.82 bits per heavy atom. The highest BCUT2D eigenvalue weighted by atomic mass is 16.3. The van der Waals surface area contributed by atoms with Crippen molar-refractivity contribution in [3.8, 4) is 22.3 Å². The fourth-order valence-corrected chi connectivity index (χ4v) is 6.84. The molecule has 0 saturated carbocycles. The van der Waals surface area contributed by atoms with E-state index in [2.05, 4.69) is 163 Å². The highest BCUT2D eigenvalue weighted by Gasteiger charge is 2.19. The molecule has 9 rings (SSSR count). The molecule has 0 aliphatic carbocycles. The molecule has 0 spiro atoms. The van der Waals surface area contributed by atoms with Gasteiger partial charge in [0.25, 0.3) is 0 Å². The van der Waals surface area contributed by atoms with Crippen LogP contribution in [-0.2, 0) is 0 Å². The second-order valence-corrected chi connectivity index (χ2v) is 11.4. The van der Waals surface area contributed by atoms with Gasteiger partial charge in [-0.2, -0.15) is 0 Å². The van der Waals surface area contributed by atoms with Crippen molar-refractivity contribution in [3.05, 3.63) is 158 Å². The van der Waals surface area contributed by atoms with Crippen molar-refractivity contribution < 1.29 is 4.42 Å². The van der Waals surface area contributed by atoms with E-state index in [9.17, 15) is 0 Å². The van der Waals surface area contributed by atoms with E-state index < -0.39 is 0 Å². The number of furan rings is 1. The molecule has 0 fully saturated rings. The fourth-order valence-electron chi connectivity index (χ4n) is 6.84. The number of benzene rings is 8. The number of anilines is 2. The number of hydrogen-bond donors (Lipinski definition) is 1. The van der Waals surface area contributed by atoms with Crippen LogP contribution >= 0.6 is 0 Å². The SMILES string of the molecule is c1ccc(-c2cc3ccccc3c3c2oc2c(Nc4cccc5c(-c6cccc7ccccc67)cccc45)cccc23)cc1. The first-order valence-corrected chi connectivity index (χ1v) is 15.0. The molecule has 0 bridgehead atoms. The standard InChI is InChI=1S/C42H27NO/c1-2-12-28(13-3-1)37-26-29-15-5-7-18-31(29)40-36-23-11-25-39(41(36)44-42(37)40)43-38-24-10-21-34-33(20-9-22-35(34)38)32-19-8-16-27-14-4-6-17-30(27)32/h1-26,43H. The zero-order valence-corrected chi connectivity index (χ0v) is 23.9. The second-order valence-electron chi connectivity index (χ2n) is 11.4. The Labute approximate surface area is 254 Å². The minimum Gasteiger partial charge on any atom is -0.453 e. The summed E-state index contributed by atoms with van der Waals surface area (Å²) in [4.78, 5) is 0. The summed E-state index contributed by atoms with van der Waals surface area (Å²) in [5.41, 5.74) is 8.48. The molecule has 206 valence electrons. The summed E-state index contributed by atoms with van der Waals surface area (Å²) < 4.78 is 6.84. The molecule has 0 radical (unpaired) electrons. The van der Waals surface area contributed by atoms with Crippen LogP contribution in [-0.4, -0.2) is 0 Å². The summed E-state index contributed by atoms with van der Waals surface area (Å²) in [6.45, 7) is 0. The first kappa shape index (κ1) is 24.7. The molecule has 0 amide bonds. The van der Waals surface area contributed by atoms with Crippen LogP contribution in [0.5, 0.6) is 0 Å². The molecule has 0 unspecified atom stereocenters. The summed E-state index contributed by atoms with van der Waals surface area (Å²) in [7, 11) is 0. The molecule has 44 heavy (non-hydrogen) atoms. The maximum Gasteiger partial charge on any atom is 0.158 e. The summed E-state index contributed by atoms with van der Waals surface area (Å²) in [5, 5.41) is 13.3.